The molecule has 1 heterocycles. The molecule has 3 heteroatoms. The largest absolute Gasteiger partial charge is 0.487 e. The van der Waals surface area contributed by atoms with Crippen LogP contribution in [0.4, 0.5) is 0 Å². The fraction of sp³-hybridized carbons (Fsp3) is 0.312. The maximum absolute atomic E-state index is 5.74. The van der Waals surface area contributed by atoms with E-state index in [0.29, 0.717) is 6.61 Å². The molecule has 0 spiro atoms. The Kier molecular flexibility index (Phi) is 4.93. The second kappa shape index (κ2) is 6.90. The van der Waals surface area contributed by atoms with E-state index in [2.05, 4.69) is 29.4 Å². The molecule has 0 fully saturated rings. The lowest BCUT2D eigenvalue weighted by Gasteiger charge is -2.07. The average Bonchev–Trinajstić information content (AvgIpc) is 2.46. The minimum Gasteiger partial charge on any atom is -0.487 e. The van der Waals surface area contributed by atoms with Gasteiger partial charge in [0, 0.05) is 6.54 Å². The normalized spacial score (nSPS) is 10.4. The van der Waals surface area contributed by atoms with Crippen molar-refractivity contribution in [3.05, 3.63) is 59.4 Å². The third-order valence-corrected chi connectivity index (χ3v) is 2.94. The molecule has 0 atom stereocenters. The van der Waals surface area contributed by atoms with E-state index in [-0.39, 0.29) is 0 Å². The van der Waals surface area contributed by atoms with Crippen molar-refractivity contribution in [3.8, 4) is 5.75 Å². The van der Waals surface area contributed by atoms with Crippen LogP contribution in [0.2, 0.25) is 0 Å². The van der Waals surface area contributed by atoms with Crippen molar-refractivity contribution >= 4 is 0 Å². The maximum Gasteiger partial charge on any atom is 0.130 e. The molecular weight excluding hydrogens is 236 g/mol. The third-order valence-electron chi connectivity index (χ3n) is 2.94. The molecule has 0 unspecified atom stereocenters. The van der Waals surface area contributed by atoms with Gasteiger partial charge in [0.05, 0.1) is 11.4 Å². The summed E-state index contributed by atoms with van der Waals surface area (Å²) in [5, 5.41) is 3.09. The smallest absolute Gasteiger partial charge is 0.130 e. The van der Waals surface area contributed by atoms with Crippen molar-refractivity contribution in [1.82, 2.24) is 10.3 Å². The molecule has 2 rings (SSSR count). The van der Waals surface area contributed by atoms with Crippen molar-refractivity contribution < 1.29 is 4.74 Å². The minimum absolute atomic E-state index is 0.503. The first-order valence-electron chi connectivity index (χ1n) is 6.63. The van der Waals surface area contributed by atoms with Gasteiger partial charge in [-0.2, -0.15) is 0 Å². The molecule has 0 saturated heterocycles. The Labute approximate surface area is 114 Å². The zero-order valence-electron chi connectivity index (χ0n) is 11.5. The molecule has 0 bridgehead atoms. The summed E-state index contributed by atoms with van der Waals surface area (Å²) in [5.41, 5.74) is 3.30. The van der Waals surface area contributed by atoms with Crippen LogP contribution in [0.5, 0.6) is 5.75 Å². The van der Waals surface area contributed by atoms with Crippen molar-refractivity contribution in [2.24, 2.45) is 0 Å². The molecule has 0 amide bonds. The fourth-order valence-corrected chi connectivity index (χ4v) is 1.87. The van der Waals surface area contributed by atoms with Crippen LogP contribution in [0.1, 0.15) is 23.9 Å². The maximum atomic E-state index is 5.74. The van der Waals surface area contributed by atoms with E-state index >= 15 is 0 Å². The van der Waals surface area contributed by atoms with Crippen LogP contribution in [0.15, 0.2) is 42.5 Å². The quantitative estimate of drug-likeness (QED) is 0.863. The second-order valence-electron chi connectivity index (χ2n) is 4.44. The number of pyridine rings is 1. The summed E-state index contributed by atoms with van der Waals surface area (Å²) < 4.78 is 5.74. The lowest BCUT2D eigenvalue weighted by atomic mass is 10.2. The predicted octanol–water partition coefficient (Wildman–Crippen LogP) is 2.94. The monoisotopic (exact) mass is 256 g/mol. The van der Waals surface area contributed by atoms with Gasteiger partial charge in [-0.25, -0.2) is 0 Å². The van der Waals surface area contributed by atoms with Crippen molar-refractivity contribution in [2.45, 2.75) is 26.5 Å². The summed E-state index contributed by atoms with van der Waals surface area (Å²) in [7, 11) is 1.92. The first-order valence-corrected chi connectivity index (χ1v) is 6.63. The standard InChI is InChI=1S/C16H20N2O/c1-3-13-7-9-16(10-8-13)19-12-15-6-4-5-14(18-15)11-17-2/h4-10,17H,3,11-12H2,1-2H3. The van der Waals surface area contributed by atoms with Gasteiger partial charge < -0.3 is 10.1 Å². The Morgan fingerprint density at radius 1 is 1.05 bits per heavy atom. The van der Waals surface area contributed by atoms with Crippen molar-refractivity contribution in [3.63, 3.8) is 0 Å². The van der Waals surface area contributed by atoms with Crippen LogP contribution in [-0.4, -0.2) is 12.0 Å². The zero-order valence-corrected chi connectivity index (χ0v) is 11.5. The molecular formula is C16H20N2O. The molecule has 1 aromatic heterocycles. The lowest BCUT2D eigenvalue weighted by Crippen LogP contribution is -2.08. The third kappa shape index (κ3) is 4.07. The highest BCUT2D eigenvalue weighted by Crippen LogP contribution is 2.14. The first-order chi connectivity index (χ1) is 9.31. The van der Waals surface area contributed by atoms with E-state index in [1.807, 2.05) is 37.4 Å². The van der Waals surface area contributed by atoms with E-state index in [4.69, 9.17) is 4.74 Å². The van der Waals surface area contributed by atoms with Crippen LogP contribution < -0.4 is 10.1 Å². The molecule has 1 aromatic carbocycles. The molecule has 0 aliphatic heterocycles. The molecule has 3 nitrogen and oxygen atoms in total. The molecule has 0 aliphatic rings. The molecule has 0 aliphatic carbocycles. The van der Waals surface area contributed by atoms with Crippen LogP contribution in [0.25, 0.3) is 0 Å². The van der Waals surface area contributed by atoms with Gasteiger partial charge in [0.2, 0.25) is 0 Å². The highest BCUT2D eigenvalue weighted by Gasteiger charge is 1.99. The Morgan fingerprint density at radius 2 is 1.79 bits per heavy atom. The number of nitrogens with zero attached hydrogens (tertiary/aromatic N) is 1. The number of hydrogen-bond donors (Lipinski definition) is 1. The summed E-state index contributed by atoms with van der Waals surface area (Å²) >= 11 is 0. The minimum atomic E-state index is 0.503. The summed E-state index contributed by atoms with van der Waals surface area (Å²) in [6, 6.07) is 14.2. The number of aromatic nitrogens is 1. The Morgan fingerprint density at radius 3 is 2.47 bits per heavy atom. The number of aryl methyl sites for hydroxylation is 1. The highest BCUT2D eigenvalue weighted by molar-refractivity contribution is 5.27. The summed E-state index contributed by atoms with van der Waals surface area (Å²) in [6.45, 7) is 3.43. The fourth-order valence-electron chi connectivity index (χ4n) is 1.87. The van der Waals surface area contributed by atoms with Crippen molar-refractivity contribution in [1.29, 1.82) is 0 Å². The van der Waals surface area contributed by atoms with Gasteiger partial charge in [0.15, 0.2) is 0 Å². The second-order valence-corrected chi connectivity index (χ2v) is 4.44. The number of nitrogens with one attached hydrogen (secondary N) is 1. The Hall–Kier alpha value is -1.87. The topological polar surface area (TPSA) is 34.1 Å². The molecule has 1 N–H and O–H groups in total. The zero-order chi connectivity index (χ0) is 13.5. The summed E-state index contributed by atoms with van der Waals surface area (Å²) in [4.78, 5) is 4.52. The molecule has 19 heavy (non-hydrogen) atoms. The lowest BCUT2D eigenvalue weighted by molar-refractivity contribution is 0.301. The van der Waals surface area contributed by atoms with Crippen LogP contribution in [-0.2, 0) is 19.6 Å². The van der Waals surface area contributed by atoms with Gasteiger partial charge >= 0.3 is 0 Å². The number of ether oxygens (including phenoxy) is 1. The van der Waals surface area contributed by atoms with Gasteiger partial charge in [0.25, 0.3) is 0 Å². The summed E-state index contributed by atoms with van der Waals surface area (Å²) in [5.74, 6) is 0.887. The summed E-state index contributed by atoms with van der Waals surface area (Å²) in [6.07, 6.45) is 1.05. The van der Waals surface area contributed by atoms with Crippen molar-refractivity contribution in [2.75, 3.05) is 7.05 Å². The number of benzene rings is 1. The van der Waals surface area contributed by atoms with Gasteiger partial charge in [0.1, 0.15) is 12.4 Å². The van der Waals surface area contributed by atoms with E-state index in [1.54, 1.807) is 0 Å². The van der Waals surface area contributed by atoms with Gasteiger partial charge in [-0.15, -0.1) is 0 Å². The number of hydrogen-bond acceptors (Lipinski definition) is 3. The van der Waals surface area contributed by atoms with E-state index in [0.717, 1.165) is 30.1 Å². The van der Waals surface area contributed by atoms with Crippen LogP contribution >= 0.6 is 0 Å². The average molecular weight is 256 g/mol. The van der Waals surface area contributed by atoms with E-state index in [9.17, 15) is 0 Å². The first kappa shape index (κ1) is 13.6. The molecule has 0 radical (unpaired) electrons. The predicted molar refractivity (Wildman–Crippen MR) is 77.2 cm³/mol. The SMILES string of the molecule is CCc1ccc(OCc2cccc(CNC)n2)cc1. The Bertz CT molecular complexity index is 508. The van der Waals surface area contributed by atoms with E-state index in [1.165, 1.54) is 5.56 Å². The molecule has 2 aromatic rings. The highest BCUT2D eigenvalue weighted by atomic mass is 16.5. The molecule has 100 valence electrons. The van der Waals surface area contributed by atoms with Crippen LogP contribution in [0.3, 0.4) is 0 Å². The van der Waals surface area contributed by atoms with Crippen LogP contribution in [0, 0.1) is 0 Å². The van der Waals surface area contributed by atoms with Gasteiger partial charge in [-0.3, -0.25) is 4.98 Å². The molecule has 0 saturated carbocycles. The Balaban J connectivity index is 1.95. The number of rotatable bonds is 6. The van der Waals surface area contributed by atoms with E-state index < -0.39 is 0 Å². The van der Waals surface area contributed by atoms with Gasteiger partial charge in [-0.1, -0.05) is 25.1 Å². The van der Waals surface area contributed by atoms with Gasteiger partial charge in [-0.05, 0) is 43.3 Å².